The second kappa shape index (κ2) is 6.08. The Kier molecular flexibility index (Phi) is 4.45. The molecule has 0 fully saturated rings. The fraction of sp³-hybridized carbons (Fsp3) is 0.143. The third kappa shape index (κ3) is 3.72. The van der Waals surface area contributed by atoms with Gasteiger partial charge in [-0.3, -0.25) is 0 Å². The molecule has 0 unspecified atom stereocenters. The standard InChI is InChI=1S/C14H11ClF3N/c15-11-2-4-13(17)10(5-11)8-19-7-9-1-3-12(16)6-14(9)18/h1-6,19H,7-8H2. The number of benzene rings is 2. The largest absolute Gasteiger partial charge is 0.308 e. The lowest BCUT2D eigenvalue weighted by molar-refractivity contribution is 0.553. The van der Waals surface area contributed by atoms with Crippen molar-refractivity contribution in [3.8, 4) is 0 Å². The molecule has 2 aromatic carbocycles. The quantitative estimate of drug-likeness (QED) is 0.894. The number of hydrogen-bond donors (Lipinski definition) is 1. The maximum Gasteiger partial charge on any atom is 0.130 e. The summed E-state index contributed by atoms with van der Waals surface area (Å²) in [6.07, 6.45) is 0. The number of hydrogen-bond acceptors (Lipinski definition) is 1. The first kappa shape index (κ1) is 13.9. The highest BCUT2D eigenvalue weighted by Crippen LogP contribution is 2.15. The average molecular weight is 286 g/mol. The Morgan fingerprint density at radius 2 is 1.58 bits per heavy atom. The molecular weight excluding hydrogens is 275 g/mol. The monoisotopic (exact) mass is 285 g/mol. The van der Waals surface area contributed by atoms with Crippen LogP contribution in [-0.2, 0) is 13.1 Å². The van der Waals surface area contributed by atoms with E-state index in [1.54, 1.807) is 0 Å². The summed E-state index contributed by atoms with van der Waals surface area (Å²) in [6, 6.07) is 7.59. The SMILES string of the molecule is Fc1ccc(CNCc2cc(Cl)ccc2F)c(F)c1. The van der Waals surface area contributed by atoms with Gasteiger partial charge in [0.25, 0.3) is 0 Å². The Bertz CT molecular complexity index is 587. The van der Waals surface area contributed by atoms with Crippen LogP contribution in [0.1, 0.15) is 11.1 Å². The van der Waals surface area contributed by atoms with Gasteiger partial charge in [-0.1, -0.05) is 17.7 Å². The van der Waals surface area contributed by atoms with Crippen LogP contribution in [0.15, 0.2) is 36.4 Å². The summed E-state index contributed by atoms with van der Waals surface area (Å²) in [5, 5.41) is 3.32. The summed E-state index contributed by atoms with van der Waals surface area (Å²) >= 11 is 5.76. The molecule has 0 aliphatic heterocycles. The molecule has 0 atom stereocenters. The highest BCUT2D eigenvalue weighted by Gasteiger charge is 2.05. The molecule has 1 nitrogen and oxygen atoms in total. The molecule has 1 N–H and O–H groups in total. The number of halogens is 4. The van der Waals surface area contributed by atoms with Crippen molar-refractivity contribution in [3.63, 3.8) is 0 Å². The predicted molar refractivity (Wildman–Crippen MR) is 68.3 cm³/mol. The fourth-order valence-corrected chi connectivity index (χ4v) is 1.87. The summed E-state index contributed by atoms with van der Waals surface area (Å²) in [7, 11) is 0. The summed E-state index contributed by atoms with van der Waals surface area (Å²) in [5.41, 5.74) is 0.721. The molecule has 0 saturated heterocycles. The van der Waals surface area contributed by atoms with Gasteiger partial charge in [-0.2, -0.15) is 0 Å². The molecule has 0 saturated carbocycles. The Balaban J connectivity index is 1.98. The Labute approximate surface area is 114 Å². The summed E-state index contributed by atoms with van der Waals surface area (Å²) in [5.74, 6) is -1.63. The Morgan fingerprint density at radius 1 is 0.842 bits per heavy atom. The van der Waals surface area contributed by atoms with Crippen LogP contribution in [0.3, 0.4) is 0 Å². The highest BCUT2D eigenvalue weighted by molar-refractivity contribution is 6.30. The molecule has 2 aromatic rings. The zero-order chi connectivity index (χ0) is 13.8. The second-order valence-corrected chi connectivity index (χ2v) is 4.51. The van der Waals surface area contributed by atoms with E-state index in [1.165, 1.54) is 30.3 Å². The van der Waals surface area contributed by atoms with E-state index >= 15 is 0 Å². The van der Waals surface area contributed by atoms with Crippen molar-refractivity contribution >= 4 is 11.6 Å². The summed E-state index contributed by atoms with van der Waals surface area (Å²) in [6.45, 7) is 0.390. The van der Waals surface area contributed by atoms with Crippen molar-refractivity contribution in [2.45, 2.75) is 13.1 Å². The molecule has 0 aliphatic rings. The topological polar surface area (TPSA) is 12.0 Å². The van der Waals surface area contributed by atoms with Crippen LogP contribution in [0.4, 0.5) is 13.2 Å². The van der Waals surface area contributed by atoms with Gasteiger partial charge in [-0.05, 0) is 24.3 Å². The molecule has 19 heavy (non-hydrogen) atoms. The van der Waals surface area contributed by atoms with Crippen LogP contribution in [0.25, 0.3) is 0 Å². The van der Waals surface area contributed by atoms with Gasteiger partial charge in [0.2, 0.25) is 0 Å². The Morgan fingerprint density at radius 3 is 2.32 bits per heavy atom. The molecule has 0 amide bonds. The lowest BCUT2D eigenvalue weighted by Crippen LogP contribution is -2.14. The molecule has 0 aliphatic carbocycles. The minimum absolute atomic E-state index is 0.179. The third-order valence-corrected chi connectivity index (χ3v) is 2.89. The van der Waals surface area contributed by atoms with Crippen LogP contribution in [0.5, 0.6) is 0 Å². The second-order valence-electron chi connectivity index (χ2n) is 4.08. The van der Waals surface area contributed by atoms with E-state index in [2.05, 4.69) is 5.32 Å². The van der Waals surface area contributed by atoms with Crippen LogP contribution in [-0.4, -0.2) is 0 Å². The Hall–Kier alpha value is -1.52. The molecule has 0 spiro atoms. The zero-order valence-corrected chi connectivity index (χ0v) is 10.6. The maximum atomic E-state index is 13.4. The molecule has 5 heteroatoms. The van der Waals surface area contributed by atoms with Gasteiger partial charge in [-0.15, -0.1) is 0 Å². The van der Waals surface area contributed by atoms with Gasteiger partial charge < -0.3 is 5.32 Å². The van der Waals surface area contributed by atoms with Gasteiger partial charge in [0.15, 0.2) is 0 Å². The van der Waals surface area contributed by atoms with Crippen molar-refractivity contribution in [1.82, 2.24) is 5.32 Å². The van der Waals surface area contributed by atoms with Crippen molar-refractivity contribution < 1.29 is 13.2 Å². The van der Waals surface area contributed by atoms with E-state index < -0.39 is 11.6 Å². The zero-order valence-electron chi connectivity index (χ0n) is 9.89. The first-order valence-corrected chi connectivity index (χ1v) is 6.02. The van der Waals surface area contributed by atoms with E-state index in [4.69, 9.17) is 11.6 Å². The predicted octanol–water partition coefficient (Wildman–Crippen LogP) is 4.05. The van der Waals surface area contributed by atoms with Crippen LogP contribution in [0, 0.1) is 17.5 Å². The van der Waals surface area contributed by atoms with E-state index in [0.717, 1.165) is 6.07 Å². The van der Waals surface area contributed by atoms with Crippen LogP contribution < -0.4 is 5.32 Å². The number of rotatable bonds is 4. The van der Waals surface area contributed by atoms with Gasteiger partial charge in [0, 0.05) is 35.3 Å². The van der Waals surface area contributed by atoms with E-state index in [-0.39, 0.29) is 18.9 Å². The van der Waals surface area contributed by atoms with Gasteiger partial charge in [0.05, 0.1) is 0 Å². The molecule has 0 radical (unpaired) electrons. The minimum Gasteiger partial charge on any atom is -0.308 e. The van der Waals surface area contributed by atoms with Crippen molar-refractivity contribution in [3.05, 3.63) is 70.0 Å². The number of nitrogens with one attached hydrogen (secondary N) is 1. The lowest BCUT2D eigenvalue weighted by atomic mass is 10.2. The normalized spacial score (nSPS) is 10.7. The van der Waals surface area contributed by atoms with Gasteiger partial charge in [-0.25, -0.2) is 13.2 Å². The average Bonchev–Trinajstić information content (AvgIpc) is 2.36. The van der Waals surface area contributed by atoms with Crippen molar-refractivity contribution in [2.75, 3.05) is 0 Å². The molecule has 2 rings (SSSR count). The third-order valence-electron chi connectivity index (χ3n) is 2.65. The van der Waals surface area contributed by atoms with Gasteiger partial charge >= 0.3 is 0 Å². The first-order chi connectivity index (χ1) is 9.06. The summed E-state index contributed by atoms with van der Waals surface area (Å²) in [4.78, 5) is 0. The van der Waals surface area contributed by atoms with Crippen molar-refractivity contribution in [1.29, 1.82) is 0 Å². The van der Waals surface area contributed by atoms with Crippen molar-refractivity contribution in [2.24, 2.45) is 0 Å². The molecule has 0 heterocycles. The van der Waals surface area contributed by atoms with E-state index in [0.29, 0.717) is 16.1 Å². The minimum atomic E-state index is -0.626. The highest BCUT2D eigenvalue weighted by atomic mass is 35.5. The van der Waals surface area contributed by atoms with Gasteiger partial charge in [0.1, 0.15) is 17.5 Å². The molecule has 100 valence electrons. The smallest absolute Gasteiger partial charge is 0.130 e. The maximum absolute atomic E-state index is 13.4. The van der Waals surface area contributed by atoms with E-state index in [1.807, 2.05) is 0 Å². The van der Waals surface area contributed by atoms with Crippen LogP contribution in [0.2, 0.25) is 5.02 Å². The molecule has 0 aromatic heterocycles. The van der Waals surface area contributed by atoms with E-state index in [9.17, 15) is 13.2 Å². The first-order valence-electron chi connectivity index (χ1n) is 5.65. The molecule has 0 bridgehead atoms. The fourth-order valence-electron chi connectivity index (χ4n) is 1.68. The van der Waals surface area contributed by atoms with Crippen LogP contribution >= 0.6 is 11.6 Å². The summed E-state index contributed by atoms with van der Waals surface area (Å²) < 4.78 is 39.5. The molecular formula is C14H11ClF3N. The lowest BCUT2D eigenvalue weighted by Gasteiger charge is -2.07.